The maximum Gasteiger partial charge on any atom is 0.335 e. The molecule has 1 heterocycles. The Labute approximate surface area is 164 Å². The lowest BCUT2D eigenvalue weighted by Gasteiger charge is -2.13. The summed E-state index contributed by atoms with van der Waals surface area (Å²) in [5.74, 6) is -0.824. The molecule has 1 N–H and O–H groups in total. The monoisotopic (exact) mass is 403 g/mol. The van der Waals surface area contributed by atoms with Gasteiger partial charge < -0.3 is 9.84 Å². The normalized spacial score (nSPS) is 15.4. The van der Waals surface area contributed by atoms with E-state index in [1.54, 1.807) is 42.5 Å². The zero-order chi connectivity index (χ0) is 19.4. The lowest BCUT2D eigenvalue weighted by Crippen LogP contribution is -2.32. The van der Waals surface area contributed by atoms with E-state index in [0.717, 1.165) is 16.7 Å². The van der Waals surface area contributed by atoms with Crippen LogP contribution in [0.2, 0.25) is 5.02 Å². The van der Waals surface area contributed by atoms with Gasteiger partial charge in [-0.2, -0.15) is 0 Å². The van der Waals surface area contributed by atoms with Crippen LogP contribution in [-0.4, -0.2) is 40.3 Å². The lowest BCUT2D eigenvalue weighted by molar-refractivity contribution is -0.123. The number of imide groups is 1. The summed E-state index contributed by atoms with van der Waals surface area (Å²) < 4.78 is 5.52. The van der Waals surface area contributed by atoms with E-state index in [1.807, 2.05) is 0 Å². The molecule has 0 atom stereocenters. The SMILES string of the molecule is O=C(O)c1ccc(/C=C2\SC(=O)N(CCOc3ccc(Cl)cc3)C2=O)cc1. The minimum atomic E-state index is -1.03. The largest absolute Gasteiger partial charge is 0.492 e. The number of carboxylic acid groups (broad SMARTS) is 1. The number of carbonyl (C=O) groups is 3. The Hall–Kier alpha value is -2.77. The molecule has 3 rings (SSSR count). The molecule has 0 bridgehead atoms. The number of rotatable bonds is 6. The molecule has 27 heavy (non-hydrogen) atoms. The number of carbonyl (C=O) groups excluding carboxylic acids is 2. The third-order valence-corrected chi connectivity index (χ3v) is 4.89. The van der Waals surface area contributed by atoms with Crippen LogP contribution in [0.4, 0.5) is 4.79 Å². The predicted octanol–water partition coefficient (Wildman–Crippen LogP) is 4.15. The molecule has 1 aliphatic heterocycles. The first-order valence-electron chi connectivity index (χ1n) is 7.91. The molecule has 2 aromatic carbocycles. The number of nitrogens with zero attached hydrogens (tertiary/aromatic N) is 1. The summed E-state index contributed by atoms with van der Waals surface area (Å²) in [4.78, 5) is 36.8. The highest BCUT2D eigenvalue weighted by Crippen LogP contribution is 2.32. The second kappa shape index (κ2) is 8.28. The number of carboxylic acids is 1. The van der Waals surface area contributed by atoms with Gasteiger partial charge in [0.25, 0.3) is 11.1 Å². The van der Waals surface area contributed by atoms with E-state index in [9.17, 15) is 14.4 Å². The fourth-order valence-corrected chi connectivity index (χ4v) is 3.34. The molecule has 138 valence electrons. The summed E-state index contributed by atoms with van der Waals surface area (Å²) in [6.45, 7) is 0.294. The molecule has 0 spiro atoms. The average Bonchev–Trinajstić information content (AvgIpc) is 2.91. The number of halogens is 1. The van der Waals surface area contributed by atoms with Gasteiger partial charge in [0.05, 0.1) is 17.0 Å². The van der Waals surface area contributed by atoms with Gasteiger partial charge in [-0.15, -0.1) is 0 Å². The van der Waals surface area contributed by atoms with E-state index in [0.29, 0.717) is 16.3 Å². The van der Waals surface area contributed by atoms with Crippen LogP contribution >= 0.6 is 23.4 Å². The van der Waals surface area contributed by atoms with Crippen molar-refractivity contribution in [2.24, 2.45) is 0 Å². The first-order chi connectivity index (χ1) is 12.9. The summed E-state index contributed by atoms with van der Waals surface area (Å²) >= 11 is 6.65. The topological polar surface area (TPSA) is 83.9 Å². The molecule has 8 heteroatoms. The Morgan fingerprint density at radius 2 is 1.78 bits per heavy atom. The van der Waals surface area contributed by atoms with Gasteiger partial charge >= 0.3 is 5.97 Å². The Bertz CT molecular complexity index is 909. The van der Waals surface area contributed by atoms with Crippen LogP contribution in [0.1, 0.15) is 15.9 Å². The summed E-state index contributed by atoms with van der Waals surface area (Å²) in [5, 5.41) is 9.13. The van der Waals surface area contributed by atoms with Gasteiger partial charge in [0, 0.05) is 5.02 Å². The number of hydrogen-bond acceptors (Lipinski definition) is 5. The van der Waals surface area contributed by atoms with Crippen LogP contribution in [0.25, 0.3) is 6.08 Å². The van der Waals surface area contributed by atoms with Crippen molar-refractivity contribution in [2.45, 2.75) is 0 Å². The minimum absolute atomic E-state index is 0.128. The highest BCUT2D eigenvalue weighted by molar-refractivity contribution is 8.18. The molecule has 1 fully saturated rings. The molecular formula is C19H14ClNO5S. The minimum Gasteiger partial charge on any atom is -0.492 e. The fraction of sp³-hybridized carbons (Fsp3) is 0.105. The van der Waals surface area contributed by atoms with E-state index in [1.165, 1.54) is 12.1 Å². The Kier molecular flexibility index (Phi) is 5.83. The Balaban J connectivity index is 1.62. The van der Waals surface area contributed by atoms with Gasteiger partial charge in [0.1, 0.15) is 12.4 Å². The molecule has 6 nitrogen and oxygen atoms in total. The average molecular weight is 404 g/mol. The standard InChI is InChI=1S/C19H14ClNO5S/c20-14-5-7-15(8-6-14)26-10-9-21-17(22)16(27-19(21)25)11-12-1-3-13(4-2-12)18(23)24/h1-8,11H,9-10H2,(H,23,24)/b16-11-. The zero-order valence-corrected chi connectivity index (χ0v) is 15.5. The Morgan fingerprint density at radius 1 is 1.11 bits per heavy atom. The van der Waals surface area contributed by atoms with E-state index in [4.69, 9.17) is 21.4 Å². The van der Waals surface area contributed by atoms with Crippen molar-refractivity contribution in [3.8, 4) is 5.75 Å². The molecule has 1 saturated heterocycles. The van der Waals surface area contributed by atoms with E-state index in [-0.39, 0.29) is 28.9 Å². The second-order valence-corrected chi connectivity index (χ2v) is 6.99. The number of ether oxygens (including phenoxy) is 1. The summed E-state index contributed by atoms with van der Waals surface area (Å²) in [6, 6.07) is 12.8. The van der Waals surface area contributed by atoms with Crippen LogP contribution in [0.15, 0.2) is 53.4 Å². The number of benzene rings is 2. The van der Waals surface area contributed by atoms with Crippen LogP contribution in [0, 0.1) is 0 Å². The first-order valence-corrected chi connectivity index (χ1v) is 9.10. The second-order valence-electron chi connectivity index (χ2n) is 5.56. The highest BCUT2D eigenvalue weighted by atomic mass is 35.5. The molecule has 0 aliphatic carbocycles. The van der Waals surface area contributed by atoms with Crippen molar-refractivity contribution in [1.82, 2.24) is 4.90 Å². The van der Waals surface area contributed by atoms with Gasteiger partial charge in [0.2, 0.25) is 0 Å². The first kappa shape index (κ1) is 19.0. The predicted molar refractivity (Wildman–Crippen MR) is 103 cm³/mol. The van der Waals surface area contributed by atoms with Gasteiger partial charge in [-0.1, -0.05) is 23.7 Å². The van der Waals surface area contributed by atoms with E-state index >= 15 is 0 Å². The van der Waals surface area contributed by atoms with Gasteiger partial charge in [0.15, 0.2) is 0 Å². The highest BCUT2D eigenvalue weighted by Gasteiger charge is 2.34. The summed E-state index contributed by atoms with van der Waals surface area (Å²) in [7, 11) is 0. The maximum absolute atomic E-state index is 12.4. The van der Waals surface area contributed by atoms with Crippen molar-refractivity contribution in [1.29, 1.82) is 0 Å². The van der Waals surface area contributed by atoms with Gasteiger partial charge in [-0.25, -0.2) is 4.79 Å². The van der Waals surface area contributed by atoms with Crippen LogP contribution in [-0.2, 0) is 4.79 Å². The van der Waals surface area contributed by atoms with Crippen molar-refractivity contribution < 1.29 is 24.2 Å². The van der Waals surface area contributed by atoms with Gasteiger partial charge in [-0.3, -0.25) is 14.5 Å². The fourth-order valence-electron chi connectivity index (χ4n) is 2.35. The van der Waals surface area contributed by atoms with E-state index < -0.39 is 11.9 Å². The van der Waals surface area contributed by atoms with Gasteiger partial charge in [-0.05, 0) is 59.8 Å². The number of amides is 2. The molecule has 0 radical (unpaired) electrons. The third-order valence-electron chi connectivity index (χ3n) is 3.73. The molecule has 0 aromatic heterocycles. The molecule has 0 unspecified atom stereocenters. The maximum atomic E-state index is 12.4. The van der Waals surface area contributed by atoms with Crippen LogP contribution < -0.4 is 4.74 Å². The van der Waals surface area contributed by atoms with Crippen molar-refractivity contribution >= 4 is 46.6 Å². The lowest BCUT2D eigenvalue weighted by atomic mass is 10.1. The number of thioether (sulfide) groups is 1. The Morgan fingerprint density at radius 3 is 2.41 bits per heavy atom. The van der Waals surface area contributed by atoms with Crippen LogP contribution in [0.3, 0.4) is 0 Å². The quantitative estimate of drug-likeness (QED) is 0.729. The molecular weight excluding hydrogens is 390 g/mol. The molecule has 2 amide bonds. The number of aromatic carboxylic acids is 1. The smallest absolute Gasteiger partial charge is 0.335 e. The summed E-state index contributed by atoms with van der Waals surface area (Å²) in [6.07, 6.45) is 1.57. The summed E-state index contributed by atoms with van der Waals surface area (Å²) in [5.41, 5.74) is 0.794. The third kappa shape index (κ3) is 4.69. The van der Waals surface area contributed by atoms with Crippen LogP contribution in [0.5, 0.6) is 5.75 Å². The molecule has 0 saturated carbocycles. The molecule has 1 aliphatic rings. The van der Waals surface area contributed by atoms with E-state index in [2.05, 4.69) is 0 Å². The molecule has 2 aromatic rings. The van der Waals surface area contributed by atoms with Crippen molar-refractivity contribution in [3.05, 3.63) is 69.6 Å². The van der Waals surface area contributed by atoms with Crippen molar-refractivity contribution in [2.75, 3.05) is 13.2 Å². The van der Waals surface area contributed by atoms with Crippen molar-refractivity contribution in [3.63, 3.8) is 0 Å². The number of hydrogen-bond donors (Lipinski definition) is 1. The zero-order valence-electron chi connectivity index (χ0n) is 13.9.